The lowest BCUT2D eigenvalue weighted by Gasteiger charge is -2.28. The minimum absolute atomic E-state index is 0.0468. The van der Waals surface area contributed by atoms with Crippen LogP contribution in [0.1, 0.15) is 118 Å². The predicted octanol–water partition coefficient (Wildman–Crippen LogP) is -2.31. The monoisotopic (exact) mass is 1030 g/mol. The van der Waals surface area contributed by atoms with Gasteiger partial charge in [-0.3, -0.25) is 43.2 Å². The molecule has 1 aromatic rings. The van der Waals surface area contributed by atoms with Gasteiger partial charge in [0.2, 0.25) is 53.2 Å². The molecule has 23 nitrogen and oxygen atoms in total. The normalized spacial score (nSPS) is 23.3. The highest BCUT2D eigenvalue weighted by atomic mass is 16.3. The van der Waals surface area contributed by atoms with Crippen molar-refractivity contribution in [3.8, 4) is 0 Å². The lowest BCUT2D eigenvalue weighted by molar-refractivity contribution is -0.136. The standard InChI is InChI=1S/C50H87N13O10/c1-29(2)11-10-14-33(64)28-42(65)56-34(15-20-51)44(67)60-38-19-24-55-43(66)39(25-30(3)4)61-46(69)36(17-22-53)57-45(68)35(16-21-52)59-49(72)40(26-31(5)6)62-50(73)41(27-32-12-8-7-9-13-32)63-47(70)37(18-23-54)58-48(38)71/h7-9,12-13,29-31,33-41,64H,10-11,14-28,51-54H2,1-6H3,(H,55,66)(H,56,65)(H,57,68)(H,58,71)(H,59,72)(H,60,67)(H,61,69)(H,62,73)(H,63,70)/t33?,34-,35-,36-,37-,38-,39-,40-,41+/m0/s1. The fourth-order valence-corrected chi connectivity index (χ4v) is 8.18. The molecule has 73 heavy (non-hydrogen) atoms. The van der Waals surface area contributed by atoms with E-state index in [9.17, 15) is 48.3 Å². The van der Waals surface area contributed by atoms with Crippen molar-refractivity contribution in [2.75, 3.05) is 32.7 Å². The summed E-state index contributed by atoms with van der Waals surface area (Å²) in [6.45, 7) is 10.9. The van der Waals surface area contributed by atoms with Gasteiger partial charge in [-0.1, -0.05) is 84.7 Å². The van der Waals surface area contributed by atoms with Gasteiger partial charge < -0.3 is 75.9 Å². The largest absolute Gasteiger partial charge is 0.393 e. The first kappa shape index (κ1) is 63.4. The molecule has 0 radical (unpaired) electrons. The van der Waals surface area contributed by atoms with Gasteiger partial charge in [0.25, 0.3) is 0 Å². The molecule has 1 aliphatic rings. The first-order valence-electron chi connectivity index (χ1n) is 25.8. The van der Waals surface area contributed by atoms with Gasteiger partial charge in [0.1, 0.15) is 48.3 Å². The first-order valence-corrected chi connectivity index (χ1v) is 25.8. The molecule has 0 aliphatic carbocycles. The quantitative estimate of drug-likeness (QED) is 0.0548. The van der Waals surface area contributed by atoms with Gasteiger partial charge >= 0.3 is 0 Å². The molecule has 23 heteroatoms. The Morgan fingerprint density at radius 2 is 1.03 bits per heavy atom. The zero-order chi connectivity index (χ0) is 54.6. The lowest BCUT2D eigenvalue weighted by atomic mass is 10.00. The van der Waals surface area contributed by atoms with Crippen molar-refractivity contribution in [2.45, 2.75) is 173 Å². The Morgan fingerprint density at radius 1 is 0.575 bits per heavy atom. The molecule has 1 aromatic carbocycles. The van der Waals surface area contributed by atoms with Crippen LogP contribution >= 0.6 is 0 Å². The van der Waals surface area contributed by atoms with Crippen molar-refractivity contribution >= 4 is 53.2 Å². The average molecular weight is 1030 g/mol. The van der Waals surface area contributed by atoms with Crippen LogP contribution in [-0.2, 0) is 49.6 Å². The summed E-state index contributed by atoms with van der Waals surface area (Å²) >= 11 is 0. The van der Waals surface area contributed by atoms with Gasteiger partial charge in [-0.2, -0.15) is 0 Å². The molecule has 1 fully saturated rings. The topological polar surface area (TPSA) is 386 Å². The number of carbonyl (C=O) groups is 9. The Balaban J connectivity index is 2.70. The number of carbonyl (C=O) groups excluding carboxylic acids is 9. The Hall–Kier alpha value is -5.75. The highest BCUT2D eigenvalue weighted by molar-refractivity contribution is 5.98. The molecule has 9 atom stereocenters. The van der Waals surface area contributed by atoms with E-state index in [1.54, 1.807) is 30.3 Å². The van der Waals surface area contributed by atoms with Crippen LogP contribution in [0.25, 0.3) is 0 Å². The second kappa shape index (κ2) is 33.9. The van der Waals surface area contributed by atoms with Crippen LogP contribution in [0.3, 0.4) is 0 Å². The van der Waals surface area contributed by atoms with Crippen molar-refractivity contribution in [1.82, 2.24) is 47.9 Å². The number of aliphatic hydroxyl groups is 1. The Labute approximate surface area is 430 Å². The lowest BCUT2D eigenvalue weighted by Crippen LogP contribution is -2.61. The molecule has 1 aliphatic heterocycles. The molecule has 9 amide bonds. The predicted molar refractivity (Wildman–Crippen MR) is 276 cm³/mol. The van der Waals surface area contributed by atoms with Gasteiger partial charge in [-0.05, 0) is 101 Å². The molecule has 0 spiro atoms. The highest BCUT2D eigenvalue weighted by Gasteiger charge is 2.35. The van der Waals surface area contributed by atoms with Crippen molar-refractivity contribution in [2.24, 2.45) is 40.7 Å². The molecule has 0 aromatic heterocycles. The second-order valence-electron chi connectivity index (χ2n) is 20.1. The smallest absolute Gasteiger partial charge is 0.243 e. The second-order valence-corrected chi connectivity index (χ2v) is 20.1. The maximum Gasteiger partial charge on any atom is 0.243 e. The number of nitrogens with two attached hydrogens (primary N) is 4. The highest BCUT2D eigenvalue weighted by Crippen LogP contribution is 2.13. The third-order valence-corrected chi connectivity index (χ3v) is 12.1. The van der Waals surface area contributed by atoms with Gasteiger partial charge in [-0.25, -0.2) is 0 Å². The van der Waals surface area contributed by atoms with E-state index in [4.69, 9.17) is 22.9 Å². The van der Waals surface area contributed by atoms with Crippen LogP contribution in [-0.4, -0.2) is 145 Å². The molecule has 1 heterocycles. The minimum Gasteiger partial charge on any atom is -0.393 e. The summed E-state index contributed by atoms with van der Waals surface area (Å²) in [7, 11) is 0. The molecule has 2 rings (SSSR count). The van der Waals surface area contributed by atoms with Crippen LogP contribution in [0.5, 0.6) is 0 Å². The number of amides is 9. The van der Waals surface area contributed by atoms with Crippen LogP contribution in [0, 0.1) is 17.8 Å². The van der Waals surface area contributed by atoms with Crippen molar-refractivity contribution < 1.29 is 48.3 Å². The molecule has 1 unspecified atom stereocenters. The van der Waals surface area contributed by atoms with Crippen LogP contribution in [0.15, 0.2) is 30.3 Å². The Bertz CT molecular complexity index is 1920. The fourth-order valence-electron chi connectivity index (χ4n) is 8.18. The molecule has 1 saturated heterocycles. The zero-order valence-electron chi connectivity index (χ0n) is 43.8. The van der Waals surface area contributed by atoms with E-state index in [0.29, 0.717) is 24.3 Å². The fraction of sp³-hybridized carbons (Fsp3) is 0.700. The van der Waals surface area contributed by atoms with Crippen LogP contribution in [0.4, 0.5) is 0 Å². The molecular formula is C50H87N13O10. The number of benzene rings is 1. The summed E-state index contributed by atoms with van der Waals surface area (Å²) in [5.74, 6) is -6.68. The number of hydrogen-bond donors (Lipinski definition) is 14. The zero-order valence-corrected chi connectivity index (χ0v) is 43.8. The van der Waals surface area contributed by atoms with Crippen LogP contribution < -0.4 is 70.8 Å². The van der Waals surface area contributed by atoms with E-state index in [0.717, 1.165) is 6.42 Å². The Kier molecular flexibility index (Phi) is 29.4. The van der Waals surface area contributed by atoms with Gasteiger partial charge in [0, 0.05) is 13.0 Å². The minimum atomic E-state index is -1.47. The molecule has 0 bridgehead atoms. The van der Waals surface area contributed by atoms with Crippen molar-refractivity contribution in [1.29, 1.82) is 0 Å². The van der Waals surface area contributed by atoms with E-state index >= 15 is 0 Å². The average Bonchev–Trinajstić information content (AvgIpc) is 3.31. The summed E-state index contributed by atoms with van der Waals surface area (Å²) in [6.07, 6.45) is 0.315. The third kappa shape index (κ3) is 24.2. The van der Waals surface area contributed by atoms with E-state index in [1.165, 1.54) is 0 Å². The van der Waals surface area contributed by atoms with E-state index in [1.807, 2.05) is 27.7 Å². The Morgan fingerprint density at radius 3 is 1.51 bits per heavy atom. The van der Waals surface area contributed by atoms with E-state index in [2.05, 4.69) is 61.7 Å². The molecule has 0 saturated carbocycles. The molecular weight excluding hydrogens is 943 g/mol. The maximum atomic E-state index is 14.4. The summed E-state index contributed by atoms with van der Waals surface area (Å²) < 4.78 is 0. The number of rotatable bonds is 23. The number of aliphatic hydroxyl groups excluding tert-OH is 1. The van der Waals surface area contributed by atoms with Crippen molar-refractivity contribution in [3.63, 3.8) is 0 Å². The van der Waals surface area contributed by atoms with Gasteiger partial charge in [0.15, 0.2) is 0 Å². The van der Waals surface area contributed by atoms with E-state index < -0.39 is 108 Å². The number of nitrogens with one attached hydrogen (secondary N) is 9. The summed E-state index contributed by atoms with van der Waals surface area (Å²) in [6, 6.07) is -1.59. The SMILES string of the molecule is CC(C)CCCC(O)CC(=O)N[C@@H](CCN)C(=O)N[C@H]1CCNC(=O)[C@H](CC(C)C)NC(=O)[C@H](CCN)NC(=O)[C@H](CCN)NC(=O)[C@H](CC(C)C)NC(=O)[C@@H](Cc2ccccc2)NC(=O)[C@H](CCN)NC1=O. The summed E-state index contributed by atoms with van der Waals surface area (Å²) in [4.78, 5) is 126. The summed E-state index contributed by atoms with van der Waals surface area (Å²) in [5.41, 5.74) is 24.2. The maximum absolute atomic E-state index is 14.4. The summed E-state index contributed by atoms with van der Waals surface area (Å²) in [5, 5.41) is 34.7. The molecule has 18 N–H and O–H groups in total. The van der Waals surface area contributed by atoms with Crippen LogP contribution in [0.2, 0.25) is 0 Å². The molecule has 412 valence electrons. The first-order chi connectivity index (χ1) is 34.6. The van der Waals surface area contributed by atoms with Gasteiger partial charge in [-0.15, -0.1) is 0 Å². The third-order valence-electron chi connectivity index (χ3n) is 12.1. The van der Waals surface area contributed by atoms with Gasteiger partial charge in [0.05, 0.1) is 12.5 Å². The van der Waals surface area contributed by atoms with E-state index in [-0.39, 0.29) is 102 Å². The number of hydrogen-bond acceptors (Lipinski definition) is 14. The van der Waals surface area contributed by atoms with Crippen molar-refractivity contribution in [3.05, 3.63) is 35.9 Å².